The van der Waals surface area contributed by atoms with Crippen molar-refractivity contribution in [1.29, 1.82) is 5.26 Å². The van der Waals surface area contributed by atoms with Crippen molar-refractivity contribution in [2.45, 2.75) is 52.4 Å². The van der Waals surface area contributed by atoms with E-state index in [2.05, 4.69) is 31.7 Å². The highest BCUT2D eigenvalue weighted by Gasteiger charge is 2.31. The fraction of sp³-hybridized carbons (Fsp3) is 0.357. The van der Waals surface area contributed by atoms with E-state index in [9.17, 15) is 32.9 Å². The third-order valence-corrected chi connectivity index (χ3v) is 5.89. The highest BCUT2D eigenvalue weighted by molar-refractivity contribution is 6.32. The van der Waals surface area contributed by atoms with Gasteiger partial charge in [0.1, 0.15) is 22.6 Å². The number of esters is 2. The summed E-state index contributed by atoms with van der Waals surface area (Å²) in [7, 11) is 0. The molecule has 19 heteroatoms. The minimum Gasteiger partial charge on any atom is -0.463 e. The van der Waals surface area contributed by atoms with Crippen LogP contribution in [-0.2, 0) is 20.4 Å². The Bertz CT molecular complexity index is 1650. The lowest BCUT2D eigenvalue weighted by atomic mass is 10.1. The standard InChI is InChI=1S/C19H15ClF3NO7.C9H13ClN6/c1-3-29-17(25)10(2)30-18(26)13-9-12(5-6-15(13)24(27)28)31-16-7-4-11(8-14(16)20)19(21,22)23;1-4-12-7-13-6(10)14-8(15-7)16-9(2,3)5-11/h4-10H,3H2,1-2H3;4H2,1-3H3,(H2,12,13,14,15,16). The molecule has 3 rings (SSSR count). The maximum atomic E-state index is 12.8. The summed E-state index contributed by atoms with van der Waals surface area (Å²) in [4.78, 5) is 46.2. The zero-order valence-corrected chi connectivity index (χ0v) is 27.0. The number of nitriles is 1. The molecular formula is C28H28Cl2F3N7O7. The van der Waals surface area contributed by atoms with Crippen LogP contribution in [0.3, 0.4) is 0 Å². The number of aromatic nitrogens is 3. The van der Waals surface area contributed by atoms with Crippen molar-refractivity contribution in [3.05, 3.63) is 67.9 Å². The Morgan fingerprint density at radius 2 is 1.74 bits per heavy atom. The number of carbonyl (C=O) groups excluding carboxylic acids is 2. The van der Waals surface area contributed by atoms with E-state index in [0.717, 1.165) is 30.3 Å². The summed E-state index contributed by atoms with van der Waals surface area (Å²) in [5.41, 5.74) is -2.92. The van der Waals surface area contributed by atoms with Crippen molar-refractivity contribution in [2.24, 2.45) is 0 Å². The fourth-order valence-corrected chi connectivity index (χ4v) is 3.65. The van der Waals surface area contributed by atoms with E-state index in [0.29, 0.717) is 18.6 Å². The van der Waals surface area contributed by atoms with Gasteiger partial charge in [-0.3, -0.25) is 10.1 Å². The number of hydrogen-bond donors (Lipinski definition) is 2. The first-order chi connectivity index (χ1) is 21.9. The summed E-state index contributed by atoms with van der Waals surface area (Å²) < 4.78 is 53.2. The van der Waals surface area contributed by atoms with E-state index in [1.54, 1.807) is 20.8 Å². The van der Waals surface area contributed by atoms with E-state index in [-0.39, 0.29) is 34.4 Å². The second kappa shape index (κ2) is 16.6. The van der Waals surface area contributed by atoms with E-state index < -0.39 is 51.5 Å². The van der Waals surface area contributed by atoms with Crippen LogP contribution in [0.4, 0.5) is 30.8 Å². The third-order valence-electron chi connectivity index (χ3n) is 5.42. The molecule has 1 aromatic heterocycles. The maximum Gasteiger partial charge on any atom is 0.416 e. The van der Waals surface area contributed by atoms with Crippen LogP contribution in [0.15, 0.2) is 36.4 Å². The third kappa shape index (κ3) is 11.7. The topological polar surface area (TPSA) is 191 Å². The molecule has 0 aliphatic carbocycles. The molecule has 3 aromatic rings. The van der Waals surface area contributed by atoms with Gasteiger partial charge in [-0.05, 0) is 70.5 Å². The van der Waals surface area contributed by atoms with Crippen molar-refractivity contribution in [2.75, 3.05) is 23.8 Å². The molecule has 1 heterocycles. The zero-order valence-electron chi connectivity index (χ0n) is 25.4. The molecule has 0 radical (unpaired) electrons. The number of halogens is 5. The van der Waals surface area contributed by atoms with Gasteiger partial charge >= 0.3 is 18.1 Å². The number of anilines is 2. The molecule has 0 bridgehead atoms. The summed E-state index contributed by atoms with van der Waals surface area (Å²) in [5.74, 6) is -1.69. The van der Waals surface area contributed by atoms with Gasteiger partial charge < -0.3 is 24.8 Å². The molecule has 0 spiro atoms. The number of alkyl halides is 3. The number of hydrogen-bond acceptors (Lipinski definition) is 13. The molecule has 2 aromatic carbocycles. The van der Waals surface area contributed by atoms with Gasteiger partial charge in [0.15, 0.2) is 6.10 Å². The second-order valence-electron chi connectivity index (χ2n) is 9.62. The maximum absolute atomic E-state index is 12.8. The van der Waals surface area contributed by atoms with Crippen molar-refractivity contribution in [3.8, 4) is 17.6 Å². The number of nitrogens with one attached hydrogen (secondary N) is 2. The summed E-state index contributed by atoms with van der Waals surface area (Å²) in [6.45, 7) is 8.85. The number of carbonyl (C=O) groups is 2. The quantitative estimate of drug-likeness (QED) is 0.120. The second-order valence-corrected chi connectivity index (χ2v) is 10.4. The molecule has 0 aliphatic rings. The van der Waals surface area contributed by atoms with Crippen molar-refractivity contribution < 1.29 is 41.9 Å². The predicted octanol–water partition coefficient (Wildman–Crippen LogP) is 6.84. The van der Waals surface area contributed by atoms with E-state index in [1.165, 1.54) is 6.92 Å². The first-order valence-electron chi connectivity index (χ1n) is 13.5. The van der Waals surface area contributed by atoms with Crippen LogP contribution in [-0.4, -0.2) is 56.6 Å². The van der Waals surface area contributed by atoms with Gasteiger partial charge in [-0.2, -0.15) is 33.4 Å². The monoisotopic (exact) mass is 701 g/mol. The molecule has 1 atom stereocenters. The summed E-state index contributed by atoms with van der Waals surface area (Å²) in [5, 5.41) is 25.6. The van der Waals surface area contributed by atoms with Gasteiger partial charge in [-0.25, -0.2) is 9.59 Å². The fourth-order valence-electron chi connectivity index (χ4n) is 3.27. The number of nitro groups is 1. The summed E-state index contributed by atoms with van der Waals surface area (Å²) in [6, 6.07) is 7.46. The van der Waals surface area contributed by atoms with E-state index in [4.69, 9.17) is 42.7 Å². The Morgan fingerprint density at radius 3 is 2.30 bits per heavy atom. The SMILES string of the molecule is CCNc1nc(Cl)nc(NC(C)(C)C#N)n1.CCOC(=O)C(C)OC(=O)c1cc(Oc2ccc(C(F)(F)F)cc2Cl)ccc1[N+](=O)[O-]. The molecule has 0 saturated carbocycles. The van der Waals surface area contributed by atoms with Crippen LogP contribution in [0.1, 0.15) is 50.5 Å². The summed E-state index contributed by atoms with van der Waals surface area (Å²) >= 11 is 11.6. The van der Waals surface area contributed by atoms with Crippen LogP contribution in [0.5, 0.6) is 11.5 Å². The minimum atomic E-state index is -4.61. The molecule has 0 saturated heterocycles. The van der Waals surface area contributed by atoms with E-state index in [1.807, 2.05) is 6.92 Å². The highest BCUT2D eigenvalue weighted by Crippen LogP contribution is 2.37. The molecule has 0 aliphatic heterocycles. The van der Waals surface area contributed by atoms with Crippen LogP contribution in [0, 0.1) is 21.4 Å². The molecule has 47 heavy (non-hydrogen) atoms. The minimum absolute atomic E-state index is 0.0398. The number of benzene rings is 2. The molecule has 1 unspecified atom stereocenters. The number of rotatable bonds is 11. The number of nitro benzene ring substituents is 1. The number of ether oxygens (including phenoxy) is 3. The Morgan fingerprint density at radius 1 is 1.09 bits per heavy atom. The van der Waals surface area contributed by atoms with Gasteiger partial charge in [-0.1, -0.05) is 11.6 Å². The first-order valence-corrected chi connectivity index (χ1v) is 14.2. The zero-order chi connectivity index (χ0) is 35.5. The van der Waals surface area contributed by atoms with Crippen LogP contribution >= 0.6 is 23.2 Å². The van der Waals surface area contributed by atoms with Gasteiger partial charge in [0.2, 0.25) is 17.2 Å². The highest BCUT2D eigenvalue weighted by atomic mass is 35.5. The van der Waals surface area contributed by atoms with Gasteiger partial charge in [0, 0.05) is 18.7 Å². The molecule has 0 amide bonds. The number of nitrogens with zero attached hydrogens (tertiary/aromatic N) is 5. The summed E-state index contributed by atoms with van der Waals surface area (Å²) in [6.07, 6.45) is -5.94. The van der Waals surface area contributed by atoms with Crippen molar-refractivity contribution >= 4 is 52.7 Å². The van der Waals surface area contributed by atoms with E-state index >= 15 is 0 Å². The Hall–Kier alpha value is -4.95. The molecule has 252 valence electrons. The molecular weight excluding hydrogens is 674 g/mol. The normalized spacial score (nSPS) is 11.6. The lowest BCUT2D eigenvalue weighted by Crippen LogP contribution is -2.29. The first kappa shape index (κ1) is 38.2. The van der Waals surface area contributed by atoms with Crippen molar-refractivity contribution in [3.63, 3.8) is 0 Å². The molecule has 14 nitrogen and oxygen atoms in total. The molecule has 2 N–H and O–H groups in total. The van der Waals surface area contributed by atoms with Crippen LogP contribution in [0.2, 0.25) is 10.3 Å². The lowest BCUT2D eigenvalue weighted by Gasteiger charge is -2.17. The van der Waals surface area contributed by atoms with Gasteiger partial charge in [0.25, 0.3) is 5.69 Å². The lowest BCUT2D eigenvalue weighted by molar-refractivity contribution is -0.385. The molecule has 0 fully saturated rings. The Kier molecular flexibility index (Phi) is 13.5. The van der Waals surface area contributed by atoms with Gasteiger partial charge in [0.05, 0.1) is 28.2 Å². The average Bonchev–Trinajstić information content (AvgIpc) is 2.97. The smallest absolute Gasteiger partial charge is 0.416 e. The van der Waals surface area contributed by atoms with Crippen LogP contribution in [0.25, 0.3) is 0 Å². The largest absolute Gasteiger partial charge is 0.463 e. The Labute approximate surface area is 276 Å². The van der Waals surface area contributed by atoms with Crippen LogP contribution < -0.4 is 15.4 Å². The van der Waals surface area contributed by atoms with Gasteiger partial charge in [-0.15, -0.1) is 0 Å². The Balaban J connectivity index is 0.000000403. The van der Waals surface area contributed by atoms with Crippen molar-refractivity contribution in [1.82, 2.24) is 15.0 Å². The predicted molar refractivity (Wildman–Crippen MR) is 163 cm³/mol. The average molecular weight is 702 g/mol.